The smallest absolute Gasteiger partial charge is 0.0958 e. The first kappa shape index (κ1) is 13.1. The van der Waals surface area contributed by atoms with E-state index in [1.807, 2.05) is 0 Å². The maximum atomic E-state index is 6.23. The molecule has 2 aliphatic rings. The Labute approximate surface area is 115 Å². The Bertz CT molecular complexity index is 425. The predicted octanol–water partition coefficient (Wildman–Crippen LogP) is 1.90. The lowest BCUT2D eigenvalue weighted by molar-refractivity contribution is -0.0978. The van der Waals surface area contributed by atoms with E-state index in [-0.39, 0.29) is 5.60 Å². The van der Waals surface area contributed by atoms with E-state index in [1.54, 1.807) is 0 Å². The molecule has 2 aliphatic heterocycles. The van der Waals surface area contributed by atoms with E-state index >= 15 is 0 Å². The van der Waals surface area contributed by atoms with Gasteiger partial charge in [-0.2, -0.15) is 0 Å². The van der Waals surface area contributed by atoms with Crippen LogP contribution in [0.1, 0.15) is 30.4 Å². The minimum atomic E-state index is -0.00589. The third-order valence-corrected chi connectivity index (χ3v) is 4.60. The summed E-state index contributed by atoms with van der Waals surface area (Å²) in [5, 5.41) is 0. The second kappa shape index (κ2) is 5.61. The van der Waals surface area contributed by atoms with E-state index in [9.17, 15) is 0 Å². The lowest BCUT2D eigenvalue weighted by Crippen LogP contribution is -2.46. The summed E-state index contributed by atoms with van der Waals surface area (Å²) >= 11 is 0. The Balaban J connectivity index is 1.73. The molecule has 0 radical (unpaired) electrons. The lowest BCUT2D eigenvalue weighted by atomic mass is 9.79. The Morgan fingerprint density at radius 2 is 2.00 bits per heavy atom. The van der Waals surface area contributed by atoms with Crippen LogP contribution in [0.25, 0.3) is 0 Å². The van der Waals surface area contributed by atoms with E-state index in [0.29, 0.717) is 0 Å². The number of fused-ring (bicyclic) bond motifs is 2. The summed E-state index contributed by atoms with van der Waals surface area (Å²) in [4.78, 5) is 2.53. The molecule has 0 aromatic heterocycles. The summed E-state index contributed by atoms with van der Waals surface area (Å²) in [6.07, 6.45) is 4.41. The molecule has 1 aromatic rings. The Morgan fingerprint density at radius 3 is 2.79 bits per heavy atom. The van der Waals surface area contributed by atoms with Gasteiger partial charge in [0, 0.05) is 13.1 Å². The summed E-state index contributed by atoms with van der Waals surface area (Å²) in [6, 6.07) is 8.83. The molecule has 19 heavy (non-hydrogen) atoms. The van der Waals surface area contributed by atoms with Gasteiger partial charge in [0.2, 0.25) is 0 Å². The molecular formula is C16H24N2O. The molecule has 0 unspecified atom stereocenters. The van der Waals surface area contributed by atoms with Crippen LogP contribution >= 0.6 is 0 Å². The second-order valence-electron chi connectivity index (χ2n) is 5.73. The molecule has 1 spiro atoms. The fourth-order valence-electron chi connectivity index (χ4n) is 3.48. The van der Waals surface area contributed by atoms with Gasteiger partial charge in [0.05, 0.1) is 12.2 Å². The fourth-order valence-corrected chi connectivity index (χ4v) is 3.48. The van der Waals surface area contributed by atoms with Crippen LogP contribution in [0.2, 0.25) is 0 Å². The van der Waals surface area contributed by atoms with Crippen LogP contribution in [-0.2, 0) is 16.8 Å². The Hall–Kier alpha value is -0.900. The van der Waals surface area contributed by atoms with Crippen LogP contribution in [-0.4, -0.2) is 37.7 Å². The highest BCUT2D eigenvalue weighted by Gasteiger charge is 2.40. The zero-order valence-electron chi connectivity index (χ0n) is 11.6. The highest BCUT2D eigenvalue weighted by atomic mass is 16.5. The zero-order chi connectivity index (χ0) is 13.1. The summed E-state index contributed by atoms with van der Waals surface area (Å²) in [6.45, 7) is 5.07. The zero-order valence-corrected chi connectivity index (χ0v) is 11.6. The van der Waals surface area contributed by atoms with Crippen molar-refractivity contribution in [1.82, 2.24) is 4.90 Å². The predicted molar refractivity (Wildman–Crippen MR) is 77.1 cm³/mol. The van der Waals surface area contributed by atoms with Gasteiger partial charge >= 0.3 is 0 Å². The van der Waals surface area contributed by atoms with E-state index in [2.05, 4.69) is 29.2 Å². The van der Waals surface area contributed by atoms with Gasteiger partial charge in [0.25, 0.3) is 0 Å². The van der Waals surface area contributed by atoms with Crippen LogP contribution in [0.4, 0.5) is 0 Å². The SMILES string of the molecule is NCCCN1CCC2(CC1)OCCc1ccccc12. The normalized spacial score (nSPS) is 22.4. The molecule has 0 saturated carbocycles. The van der Waals surface area contributed by atoms with Gasteiger partial charge in [0.15, 0.2) is 0 Å². The van der Waals surface area contributed by atoms with Gasteiger partial charge in [-0.15, -0.1) is 0 Å². The number of likely N-dealkylation sites (tertiary alicyclic amines) is 1. The fraction of sp³-hybridized carbons (Fsp3) is 0.625. The van der Waals surface area contributed by atoms with Crippen molar-refractivity contribution in [2.45, 2.75) is 31.3 Å². The van der Waals surface area contributed by atoms with Crippen LogP contribution in [0.5, 0.6) is 0 Å². The van der Waals surface area contributed by atoms with Crippen LogP contribution in [0.15, 0.2) is 24.3 Å². The maximum absolute atomic E-state index is 6.23. The first-order valence-corrected chi connectivity index (χ1v) is 7.49. The van der Waals surface area contributed by atoms with Crippen molar-refractivity contribution >= 4 is 0 Å². The molecule has 2 heterocycles. The van der Waals surface area contributed by atoms with Gasteiger partial charge in [-0.05, 0) is 49.9 Å². The molecule has 0 atom stereocenters. The molecule has 1 aromatic carbocycles. The van der Waals surface area contributed by atoms with Crippen molar-refractivity contribution < 1.29 is 4.74 Å². The maximum Gasteiger partial charge on any atom is 0.0958 e. The largest absolute Gasteiger partial charge is 0.370 e. The molecule has 0 aliphatic carbocycles. The molecule has 3 nitrogen and oxygen atoms in total. The molecule has 104 valence electrons. The summed E-state index contributed by atoms with van der Waals surface area (Å²) in [5.41, 5.74) is 8.52. The molecule has 0 bridgehead atoms. The van der Waals surface area contributed by atoms with E-state index in [4.69, 9.17) is 10.5 Å². The number of nitrogens with zero attached hydrogens (tertiary/aromatic N) is 1. The second-order valence-corrected chi connectivity index (χ2v) is 5.73. The van der Waals surface area contributed by atoms with E-state index < -0.39 is 0 Å². The molecule has 2 N–H and O–H groups in total. The third-order valence-electron chi connectivity index (χ3n) is 4.60. The lowest BCUT2D eigenvalue weighted by Gasteiger charge is -2.45. The number of rotatable bonds is 3. The third kappa shape index (κ3) is 2.55. The Kier molecular flexibility index (Phi) is 3.87. The van der Waals surface area contributed by atoms with Crippen molar-refractivity contribution in [1.29, 1.82) is 0 Å². The van der Waals surface area contributed by atoms with E-state index in [0.717, 1.165) is 58.5 Å². The Morgan fingerprint density at radius 1 is 1.21 bits per heavy atom. The van der Waals surface area contributed by atoms with Crippen molar-refractivity contribution in [3.63, 3.8) is 0 Å². The van der Waals surface area contributed by atoms with Crippen molar-refractivity contribution in [2.24, 2.45) is 5.73 Å². The molecule has 0 amide bonds. The highest BCUT2D eigenvalue weighted by molar-refractivity contribution is 5.35. The number of hydrogen-bond donors (Lipinski definition) is 1. The number of piperidine rings is 1. The van der Waals surface area contributed by atoms with Gasteiger partial charge in [-0.1, -0.05) is 24.3 Å². The molecule has 1 fully saturated rings. The summed E-state index contributed by atoms with van der Waals surface area (Å²) in [7, 11) is 0. The van der Waals surface area contributed by atoms with Crippen LogP contribution in [0.3, 0.4) is 0 Å². The minimum Gasteiger partial charge on any atom is -0.370 e. The number of hydrogen-bond acceptors (Lipinski definition) is 3. The molecule has 1 saturated heterocycles. The monoisotopic (exact) mass is 260 g/mol. The van der Waals surface area contributed by atoms with Gasteiger partial charge in [0.1, 0.15) is 0 Å². The minimum absolute atomic E-state index is 0.00589. The van der Waals surface area contributed by atoms with Crippen LogP contribution in [0, 0.1) is 0 Å². The van der Waals surface area contributed by atoms with Crippen molar-refractivity contribution in [2.75, 3.05) is 32.8 Å². The van der Waals surface area contributed by atoms with Crippen LogP contribution < -0.4 is 5.73 Å². The first-order chi connectivity index (χ1) is 9.34. The number of ether oxygens (including phenoxy) is 1. The number of nitrogens with two attached hydrogens (primary N) is 1. The molecule has 3 heteroatoms. The van der Waals surface area contributed by atoms with Gasteiger partial charge in [-0.3, -0.25) is 0 Å². The highest BCUT2D eigenvalue weighted by Crippen LogP contribution is 2.41. The quantitative estimate of drug-likeness (QED) is 0.902. The van der Waals surface area contributed by atoms with Gasteiger partial charge < -0.3 is 15.4 Å². The standard InChI is InChI=1S/C16H24N2O/c17-9-3-10-18-11-7-16(8-12-18)15-5-2-1-4-14(15)6-13-19-16/h1-2,4-5H,3,6-13,17H2. The van der Waals surface area contributed by atoms with Crippen molar-refractivity contribution in [3.05, 3.63) is 35.4 Å². The molecular weight excluding hydrogens is 236 g/mol. The first-order valence-electron chi connectivity index (χ1n) is 7.49. The average Bonchev–Trinajstić information content (AvgIpc) is 2.47. The molecule has 3 rings (SSSR count). The topological polar surface area (TPSA) is 38.5 Å². The van der Waals surface area contributed by atoms with E-state index in [1.165, 1.54) is 11.1 Å². The summed E-state index contributed by atoms with van der Waals surface area (Å²) in [5.74, 6) is 0. The number of benzene rings is 1. The van der Waals surface area contributed by atoms with Crippen molar-refractivity contribution in [3.8, 4) is 0 Å². The van der Waals surface area contributed by atoms with Gasteiger partial charge in [-0.25, -0.2) is 0 Å². The average molecular weight is 260 g/mol. The summed E-state index contributed by atoms with van der Waals surface area (Å²) < 4.78 is 6.23.